The third kappa shape index (κ3) is 3.22. The number of benzene rings is 2. The second-order valence-electron chi connectivity index (χ2n) is 5.21. The summed E-state index contributed by atoms with van der Waals surface area (Å²) in [6, 6.07) is 11.7. The van der Waals surface area contributed by atoms with Gasteiger partial charge in [-0.1, -0.05) is 0 Å². The van der Waals surface area contributed by atoms with Crippen molar-refractivity contribution >= 4 is 11.4 Å². The van der Waals surface area contributed by atoms with E-state index in [9.17, 15) is 20.2 Å². The molecule has 8 nitrogen and oxygen atoms in total. The molecule has 0 aliphatic rings. The Morgan fingerprint density at radius 2 is 1.35 bits per heavy atom. The number of terminal acetylenes is 1. The Balaban J connectivity index is 1.99. The fraction of sp³-hybridized carbons (Fsp3) is 0. The summed E-state index contributed by atoms with van der Waals surface area (Å²) in [5, 5.41) is 21.5. The van der Waals surface area contributed by atoms with E-state index in [4.69, 9.17) is 6.42 Å². The maximum atomic E-state index is 10.7. The van der Waals surface area contributed by atoms with E-state index in [0.717, 1.165) is 0 Å². The van der Waals surface area contributed by atoms with Crippen LogP contribution in [0, 0.1) is 32.6 Å². The summed E-state index contributed by atoms with van der Waals surface area (Å²) >= 11 is 0. The molecule has 1 aromatic heterocycles. The molecule has 0 atom stereocenters. The molecule has 0 aliphatic carbocycles. The molecular formula is C18H10N4O4. The van der Waals surface area contributed by atoms with Crippen LogP contribution < -0.4 is 0 Å². The molecule has 0 amide bonds. The standard InChI is InChI=1S/C18H10N4O4/c1-2-17-16(12-3-7-14(8-4-12)21(23)24)11-19-18(20-17)13-5-9-15(10-6-13)22(25)26/h1,3-11H. The molecule has 0 radical (unpaired) electrons. The van der Waals surface area contributed by atoms with Crippen LogP contribution >= 0.6 is 0 Å². The minimum Gasteiger partial charge on any atom is -0.258 e. The maximum Gasteiger partial charge on any atom is 0.269 e. The highest BCUT2D eigenvalue weighted by Gasteiger charge is 2.12. The highest BCUT2D eigenvalue weighted by Crippen LogP contribution is 2.26. The lowest BCUT2D eigenvalue weighted by Crippen LogP contribution is -1.96. The average Bonchev–Trinajstić information content (AvgIpc) is 2.67. The Bertz CT molecular complexity index is 1040. The topological polar surface area (TPSA) is 112 Å². The number of aromatic nitrogens is 2. The summed E-state index contributed by atoms with van der Waals surface area (Å²) in [6.07, 6.45) is 7.07. The highest BCUT2D eigenvalue weighted by molar-refractivity contribution is 5.71. The second-order valence-corrected chi connectivity index (χ2v) is 5.21. The van der Waals surface area contributed by atoms with Gasteiger partial charge in [-0.25, -0.2) is 9.97 Å². The van der Waals surface area contributed by atoms with Gasteiger partial charge in [0.05, 0.1) is 9.85 Å². The third-order valence-corrected chi connectivity index (χ3v) is 3.65. The minimum atomic E-state index is -0.491. The Labute approximate surface area is 147 Å². The zero-order valence-corrected chi connectivity index (χ0v) is 13.2. The van der Waals surface area contributed by atoms with Gasteiger partial charge in [0, 0.05) is 41.6 Å². The lowest BCUT2D eigenvalue weighted by Gasteiger charge is -2.07. The van der Waals surface area contributed by atoms with Crippen LogP contribution in [0.2, 0.25) is 0 Å². The van der Waals surface area contributed by atoms with Crippen LogP contribution in [0.5, 0.6) is 0 Å². The van der Waals surface area contributed by atoms with E-state index >= 15 is 0 Å². The number of nitrogens with zero attached hydrogens (tertiary/aromatic N) is 4. The Hall–Kier alpha value is -4.12. The number of nitro groups is 2. The maximum absolute atomic E-state index is 10.7. The fourth-order valence-corrected chi connectivity index (χ4v) is 2.34. The molecule has 3 aromatic rings. The van der Waals surface area contributed by atoms with E-state index in [1.807, 2.05) is 0 Å². The van der Waals surface area contributed by atoms with Crippen LogP contribution in [0.25, 0.3) is 22.5 Å². The molecule has 0 unspecified atom stereocenters. The van der Waals surface area contributed by atoms with Crippen molar-refractivity contribution in [2.75, 3.05) is 0 Å². The average molecular weight is 346 g/mol. The summed E-state index contributed by atoms with van der Waals surface area (Å²) in [5.74, 6) is 2.81. The highest BCUT2D eigenvalue weighted by atomic mass is 16.6. The molecule has 0 bridgehead atoms. The molecule has 3 rings (SSSR count). The van der Waals surface area contributed by atoms with Crippen molar-refractivity contribution in [2.45, 2.75) is 0 Å². The monoisotopic (exact) mass is 346 g/mol. The first kappa shape index (κ1) is 16.7. The zero-order valence-electron chi connectivity index (χ0n) is 13.2. The first-order chi connectivity index (χ1) is 12.5. The first-order valence-electron chi connectivity index (χ1n) is 7.33. The third-order valence-electron chi connectivity index (χ3n) is 3.65. The predicted octanol–water partition coefficient (Wildman–Crippen LogP) is 3.61. The van der Waals surface area contributed by atoms with Crippen LogP contribution in [0.1, 0.15) is 5.69 Å². The molecule has 26 heavy (non-hydrogen) atoms. The van der Waals surface area contributed by atoms with Crippen molar-refractivity contribution in [2.24, 2.45) is 0 Å². The van der Waals surface area contributed by atoms with Crippen molar-refractivity contribution in [3.8, 4) is 34.9 Å². The number of hydrogen-bond acceptors (Lipinski definition) is 6. The van der Waals surface area contributed by atoms with Gasteiger partial charge in [0.2, 0.25) is 0 Å². The molecule has 1 heterocycles. The molecular weight excluding hydrogens is 336 g/mol. The normalized spacial score (nSPS) is 10.1. The lowest BCUT2D eigenvalue weighted by atomic mass is 10.0. The quantitative estimate of drug-likeness (QED) is 0.405. The van der Waals surface area contributed by atoms with Gasteiger partial charge in [-0.15, -0.1) is 6.42 Å². The van der Waals surface area contributed by atoms with Gasteiger partial charge in [0.15, 0.2) is 5.82 Å². The summed E-state index contributed by atoms with van der Waals surface area (Å²) in [4.78, 5) is 29.1. The van der Waals surface area contributed by atoms with Crippen LogP contribution in [0.4, 0.5) is 11.4 Å². The summed E-state index contributed by atoms with van der Waals surface area (Å²) in [7, 11) is 0. The van der Waals surface area contributed by atoms with Gasteiger partial charge in [-0.2, -0.15) is 0 Å². The number of rotatable bonds is 4. The fourth-order valence-electron chi connectivity index (χ4n) is 2.34. The van der Waals surface area contributed by atoms with E-state index in [-0.39, 0.29) is 11.4 Å². The van der Waals surface area contributed by atoms with Crippen LogP contribution in [-0.2, 0) is 0 Å². The molecule has 0 aliphatic heterocycles. The number of nitro benzene ring substituents is 2. The Morgan fingerprint density at radius 1 is 0.846 bits per heavy atom. The molecule has 8 heteroatoms. The van der Waals surface area contributed by atoms with E-state index in [1.165, 1.54) is 30.5 Å². The molecule has 0 fully saturated rings. The molecule has 0 saturated heterocycles. The minimum absolute atomic E-state index is 0.0283. The SMILES string of the molecule is C#Cc1nc(-c2ccc([N+](=O)[O-])cc2)ncc1-c1ccc([N+](=O)[O-])cc1. The van der Waals surface area contributed by atoms with E-state index in [2.05, 4.69) is 15.9 Å². The largest absolute Gasteiger partial charge is 0.269 e. The van der Waals surface area contributed by atoms with Crippen LogP contribution in [0.15, 0.2) is 54.7 Å². The number of hydrogen-bond donors (Lipinski definition) is 0. The van der Waals surface area contributed by atoms with Gasteiger partial charge in [-0.05, 0) is 35.7 Å². The van der Waals surface area contributed by atoms with Gasteiger partial charge >= 0.3 is 0 Å². The number of non-ortho nitro benzene ring substituents is 2. The predicted molar refractivity (Wildman–Crippen MR) is 94.1 cm³/mol. The molecule has 0 saturated carbocycles. The van der Waals surface area contributed by atoms with Crippen LogP contribution in [-0.4, -0.2) is 19.8 Å². The van der Waals surface area contributed by atoms with Gasteiger partial charge < -0.3 is 0 Å². The zero-order chi connectivity index (χ0) is 18.7. The van der Waals surface area contributed by atoms with E-state index in [0.29, 0.717) is 28.2 Å². The second kappa shape index (κ2) is 6.78. The Morgan fingerprint density at radius 3 is 1.81 bits per heavy atom. The Kier molecular flexibility index (Phi) is 4.36. The van der Waals surface area contributed by atoms with Crippen molar-refractivity contribution in [1.29, 1.82) is 0 Å². The molecule has 0 spiro atoms. The van der Waals surface area contributed by atoms with E-state index < -0.39 is 9.85 Å². The van der Waals surface area contributed by atoms with Crippen molar-refractivity contribution in [3.63, 3.8) is 0 Å². The van der Waals surface area contributed by atoms with Gasteiger partial charge in [0.25, 0.3) is 11.4 Å². The van der Waals surface area contributed by atoms with Crippen molar-refractivity contribution in [1.82, 2.24) is 9.97 Å². The van der Waals surface area contributed by atoms with Gasteiger partial charge in [-0.3, -0.25) is 20.2 Å². The smallest absolute Gasteiger partial charge is 0.258 e. The lowest BCUT2D eigenvalue weighted by molar-refractivity contribution is -0.385. The van der Waals surface area contributed by atoms with Crippen molar-refractivity contribution < 1.29 is 9.85 Å². The molecule has 2 aromatic carbocycles. The van der Waals surface area contributed by atoms with E-state index in [1.54, 1.807) is 24.3 Å². The molecule has 126 valence electrons. The summed E-state index contributed by atoms with van der Waals surface area (Å²) in [5.41, 5.74) is 2.06. The van der Waals surface area contributed by atoms with Gasteiger partial charge in [0.1, 0.15) is 5.69 Å². The summed E-state index contributed by atoms with van der Waals surface area (Å²) < 4.78 is 0. The molecule has 0 N–H and O–H groups in total. The van der Waals surface area contributed by atoms with Crippen molar-refractivity contribution in [3.05, 3.63) is 80.7 Å². The van der Waals surface area contributed by atoms with Crippen LogP contribution in [0.3, 0.4) is 0 Å². The summed E-state index contributed by atoms with van der Waals surface area (Å²) in [6.45, 7) is 0. The first-order valence-corrected chi connectivity index (χ1v) is 7.33.